The van der Waals surface area contributed by atoms with E-state index in [1.54, 1.807) is 14.2 Å². The number of aliphatic imine (C=N–C) groups is 1. The summed E-state index contributed by atoms with van der Waals surface area (Å²) in [5.74, 6) is 2.15. The Morgan fingerprint density at radius 2 is 2.20 bits per heavy atom. The quantitative estimate of drug-likeness (QED) is 0.395. The van der Waals surface area contributed by atoms with Gasteiger partial charge < -0.3 is 20.1 Å². The van der Waals surface area contributed by atoms with Crippen LogP contribution < -0.4 is 15.4 Å². The Morgan fingerprint density at radius 3 is 2.88 bits per heavy atom. The van der Waals surface area contributed by atoms with Gasteiger partial charge in [-0.3, -0.25) is 4.99 Å². The highest BCUT2D eigenvalue weighted by Crippen LogP contribution is 2.52. The Kier molecular flexibility index (Phi) is 6.84. The number of methoxy groups -OCH3 is 1. The zero-order valence-electron chi connectivity index (χ0n) is 15.1. The van der Waals surface area contributed by atoms with Gasteiger partial charge in [-0.2, -0.15) is 0 Å². The lowest BCUT2D eigenvalue weighted by atomic mass is 9.57. The van der Waals surface area contributed by atoms with Crippen molar-refractivity contribution in [2.75, 3.05) is 20.8 Å². The third-order valence-electron chi connectivity index (χ3n) is 5.31. The van der Waals surface area contributed by atoms with Gasteiger partial charge in [0.05, 0.1) is 13.2 Å². The van der Waals surface area contributed by atoms with Crippen LogP contribution in [0, 0.1) is 11.3 Å². The van der Waals surface area contributed by atoms with Crippen molar-refractivity contribution in [3.63, 3.8) is 0 Å². The van der Waals surface area contributed by atoms with Crippen LogP contribution in [0.15, 0.2) is 23.2 Å². The molecule has 1 aliphatic heterocycles. The summed E-state index contributed by atoms with van der Waals surface area (Å²) in [7, 11) is 3.45. The summed E-state index contributed by atoms with van der Waals surface area (Å²) in [5, 5.41) is 7.62. The smallest absolute Gasteiger partial charge is 0.191 e. The van der Waals surface area contributed by atoms with E-state index in [-0.39, 0.29) is 29.4 Å². The first-order valence-corrected chi connectivity index (χ1v) is 8.76. The zero-order valence-corrected chi connectivity index (χ0v) is 18.2. The van der Waals surface area contributed by atoms with E-state index in [1.165, 1.54) is 0 Å². The second-order valence-electron chi connectivity index (χ2n) is 7.07. The number of nitrogens with zero attached hydrogens (tertiary/aromatic N) is 1. The van der Waals surface area contributed by atoms with E-state index in [0.717, 1.165) is 30.3 Å². The molecule has 25 heavy (non-hydrogen) atoms. The molecule has 2 fully saturated rings. The molecule has 1 aliphatic carbocycles. The lowest BCUT2D eigenvalue weighted by Gasteiger charge is -2.54. The molecule has 5 nitrogen and oxygen atoms in total. The number of hydrogen-bond donors (Lipinski definition) is 2. The van der Waals surface area contributed by atoms with Gasteiger partial charge in [0, 0.05) is 48.2 Å². The third kappa shape index (κ3) is 4.01. The van der Waals surface area contributed by atoms with Crippen molar-refractivity contribution in [3.8, 4) is 5.75 Å². The maximum atomic E-state index is 6.02. The molecule has 0 spiro atoms. The maximum Gasteiger partial charge on any atom is 0.191 e. The maximum absolute atomic E-state index is 6.02. The van der Waals surface area contributed by atoms with Gasteiger partial charge in [-0.25, -0.2) is 0 Å². The predicted molar refractivity (Wildman–Crippen MR) is 112 cm³/mol. The van der Waals surface area contributed by atoms with Gasteiger partial charge >= 0.3 is 0 Å². The molecule has 3 unspecified atom stereocenters. The Morgan fingerprint density at radius 1 is 1.44 bits per heavy atom. The second kappa shape index (κ2) is 8.31. The number of fused-ring (bicyclic) bond motifs is 1. The fourth-order valence-electron chi connectivity index (χ4n) is 4.00. The van der Waals surface area contributed by atoms with E-state index < -0.39 is 0 Å². The first-order chi connectivity index (χ1) is 11.5. The molecular formula is C18H27ClIN3O2. The van der Waals surface area contributed by atoms with E-state index in [0.29, 0.717) is 29.6 Å². The normalized spacial score (nSPS) is 26.9. The number of ether oxygens (including phenoxy) is 2. The Balaban J connectivity index is 0.00000225. The summed E-state index contributed by atoms with van der Waals surface area (Å²) in [5.41, 5.74) is 1.16. The van der Waals surface area contributed by atoms with Crippen molar-refractivity contribution < 1.29 is 9.47 Å². The van der Waals surface area contributed by atoms with Gasteiger partial charge in [-0.1, -0.05) is 31.5 Å². The van der Waals surface area contributed by atoms with E-state index >= 15 is 0 Å². The van der Waals surface area contributed by atoms with Crippen LogP contribution in [0.4, 0.5) is 0 Å². The van der Waals surface area contributed by atoms with Crippen LogP contribution in [-0.4, -0.2) is 38.9 Å². The lowest BCUT2D eigenvalue weighted by Crippen LogP contribution is -2.67. The Labute approximate surface area is 171 Å². The molecule has 1 aromatic rings. The molecular weight excluding hydrogens is 453 g/mol. The van der Waals surface area contributed by atoms with Crippen molar-refractivity contribution in [2.45, 2.75) is 39.0 Å². The standard InChI is InChI=1S/C18H26ClN3O2.HI/c1-18(2)15(13-7-8-24-16(13)18)22-17(20-3)21-10-11-5-6-12(19)9-14(11)23-4;/h5-6,9,13,15-16H,7-8,10H2,1-4H3,(H2,20,21,22);1H. The predicted octanol–water partition coefficient (Wildman–Crippen LogP) is 3.45. The minimum absolute atomic E-state index is 0. The highest BCUT2D eigenvalue weighted by Gasteiger charge is 2.59. The van der Waals surface area contributed by atoms with Crippen LogP contribution in [0.2, 0.25) is 5.02 Å². The van der Waals surface area contributed by atoms with E-state index in [4.69, 9.17) is 21.1 Å². The molecule has 1 heterocycles. The van der Waals surface area contributed by atoms with Crippen molar-refractivity contribution in [3.05, 3.63) is 28.8 Å². The molecule has 140 valence electrons. The molecule has 0 bridgehead atoms. The lowest BCUT2D eigenvalue weighted by molar-refractivity contribution is -0.106. The third-order valence-corrected chi connectivity index (χ3v) is 5.55. The minimum atomic E-state index is 0. The van der Waals surface area contributed by atoms with Crippen molar-refractivity contribution >= 4 is 41.5 Å². The summed E-state index contributed by atoms with van der Waals surface area (Å²) in [6.45, 7) is 6.00. The topological polar surface area (TPSA) is 54.9 Å². The number of halogens is 2. The molecule has 3 rings (SSSR count). The Bertz CT molecular complexity index is 639. The number of benzene rings is 1. The zero-order chi connectivity index (χ0) is 17.3. The molecule has 1 saturated heterocycles. The second-order valence-corrected chi connectivity index (χ2v) is 7.51. The monoisotopic (exact) mass is 479 g/mol. The summed E-state index contributed by atoms with van der Waals surface area (Å²) in [6, 6.07) is 6.04. The number of nitrogens with one attached hydrogen (secondary N) is 2. The van der Waals surface area contributed by atoms with Crippen molar-refractivity contribution in [1.29, 1.82) is 0 Å². The van der Waals surface area contributed by atoms with Crippen molar-refractivity contribution in [2.24, 2.45) is 16.3 Å². The highest BCUT2D eigenvalue weighted by molar-refractivity contribution is 14.0. The summed E-state index contributed by atoms with van der Waals surface area (Å²) in [6.07, 6.45) is 1.48. The molecule has 0 radical (unpaired) electrons. The van der Waals surface area contributed by atoms with Crippen LogP contribution in [0.3, 0.4) is 0 Å². The van der Waals surface area contributed by atoms with Crippen LogP contribution in [0.25, 0.3) is 0 Å². The fraction of sp³-hybridized carbons (Fsp3) is 0.611. The molecule has 0 amide bonds. The van der Waals surface area contributed by atoms with Crippen LogP contribution in [-0.2, 0) is 11.3 Å². The van der Waals surface area contributed by atoms with Gasteiger partial charge in [0.15, 0.2) is 5.96 Å². The first kappa shape index (κ1) is 20.6. The van der Waals surface area contributed by atoms with E-state index in [2.05, 4.69) is 29.5 Å². The van der Waals surface area contributed by atoms with Gasteiger partial charge in [0.25, 0.3) is 0 Å². The molecule has 3 atom stereocenters. The minimum Gasteiger partial charge on any atom is -0.496 e. The Hall–Kier alpha value is -0.730. The largest absolute Gasteiger partial charge is 0.496 e. The summed E-state index contributed by atoms with van der Waals surface area (Å²) in [4.78, 5) is 4.36. The van der Waals surface area contributed by atoms with E-state index in [9.17, 15) is 0 Å². The van der Waals surface area contributed by atoms with Gasteiger partial charge in [-0.15, -0.1) is 24.0 Å². The average Bonchev–Trinajstić information content (AvgIpc) is 3.02. The van der Waals surface area contributed by atoms with Crippen LogP contribution >= 0.6 is 35.6 Å². The van der Waals surface area contributed by atoms with Gasteiger partial charge in [0.2, 0.25) is 0 Å². The number of guanidine groups is 1. The molecule has 0 aromatic heterocycles. The SMILES string of the molecule is CN=C(NCc1ccc(Cl)cc1OC)NC1C2CCOC2C1(C)C.I. The number of rotatable bonds is 4. The molecule has 2 aliphatic rings. The summed E-state index contributed by atoms with van der Waals surface area (Å²) < 4.78 is 11.2. The van der Waals surface area contributed by atoms with E-state index in [1.807, 2.05) is 18.2 Å². The fourth-order valence-corrected chi connectivity index (χ4v) is 4.16. The van der Waals surface area contributed by atoms with Crippen LogP contribution in [0.5, 0.6) is 5.75 Å². The summed E-state index contributed by atoms with van der Waals surface area (Å²) >= 11 is 6.02. The highest BCUT2D eigenvalue weighted by atomic mass is 127. The molecule has 2 N–H and O–H groups in total. The van der Waals surface area contributed by atoms with Gasteiger partial charge in [-0.05, 0) is 18.6 Å². The molecule has 7 heteroatoms. The molecule has 1 saturated carbocycles. The molecule has 1 aromatic carbocycles. The first-order valence-electron chi connectivity index (χ1n) is 8.38. The average molecular weight is 480 g/mol. The number of hydrogen-bond acceptors (Lipinski definition) is 3. The van der Waals surface area contributed by atoms with Gasteiger partial charge in [0.1, 0.15) is 5.75 Å². The van der Waals surface area contributed by atoms with Crippen molar-refractivity contribution in [1.82, 2.24) is 10.6 Å². The van der Waals surface area contributed by atoms with Crippen LogP contribution in [0.1, 0.15) is 25.8 Å².